The third-order valence-corrected chi connectivity index (χ3v) is 9.15. The second kappa shape index (κ2) is 22.4. The third-order valence-electron chi connectivity index (χ3n) is 9.15. The number of nitrogens with zero attached hydrogens (tertiary/aromatic N) is 3. The van der Waals surface area contributed by atoms with E-state index < -0.39 is 5.97 Å². The van der Waals surface area contributed by atoms with E-state index in [-0.39, 0.29) is 0 Å². The fraction of sp³-hybridized carbons (Fsp3) is 0.364. The molecule has 0 saturated carbocycles. The Kier molecular flexibility index (Phi) is 16.4. The summed E-state index contributed by atoms with van der Waals surface area (Å²) in [5.41, 5.74) is 15.6. The van der Waals surface area contributed by atoms with Gasteiger partial charge in [0.05, 0.1) is 12.2 Å². The predicted octanol–water partition coefficient (Wildman–Crippen LogP) is 11.3. The Hall–Kier alpha value is -5.84. The van der Waals surface area contributed by atoms with Crippen LogP contribution in [0.2, 0.25) is 0 Å². The summed E-state index contributed by atoms with van der Waals surface area (Å²) in [5, 5.41) is 9.59. The van der Waals surface area contributed by atoms with Gasteiger partial charge in [0.1, 0.15) is 11.5 Å². The molecule has 11 heteroatoms. The van der Waals surface area contributed by atoms with Crippen LogP contribution in [0, 0.1) is 0 Å². The number of carbonyl (C=O) groups is 1. The van der Waals surface area contributed by atoms with Crippen LogP contribution in [0.25, 0.3) is 0 Å². The number of rotatable bonds is 24. The van der Waals surface area contributed by atoms with E-state index in [4.69, 9.17) is 20.9 Å². The molecule has 290 valence electrons. The zero-order valence-corrected chi connectivity index (χ0v) is 32.1. The maximum atomic E-state index is 12.9. The van der Waals surface area contributed by atoms with Gasteiger partial charge in [0.25, 0.3) is 0 Å². The van der Waals surface area contributed by atoms with Crippen LogP contribution in [0.15, 0.2) is 97.1 Å². The van der Waals surface area contributed by atoms with E-state index in [2.05, 4.69) is 37.8 Å². The lowest BCUT2D eigenvalue weighted by atomic mass is 10.0. The second-order valence-corrected chi connectivity index (χ2v) is 13.8. The number of benzene rings is 4. The highest BCUT2D eigenvalue weighted by Gasteiger charge is 2.11. The maximum absolute atomic E-state index is 12.9. The Labute approximate surface area is 325 Å². The van der Waals surface area contributed by atoms with Gasteiger partial charge in [0, 0.05) is 28.4 Å². The van der Waals surface area contributed by atoms with Gasteiger partial charge in [-0.05, 0) is 103 Å². The van der Waals surface area contributed by atoms with Crippen LogP contribution in [0.4, 0.5) is 46.3 Å². The van der Waals surface area contributed by atoms with E-state index in [9.17, 15) is 4.79 Å². The highest BCUT2D eigenvalue weighted by atomic mass is 16.5. The number of hydrogen-bond acceptors (Lipinski definition) is 11. The van der Waals surface area contributed by atoms with Gasteiger partial charge in [-0.25, -0.2) is 4.79 Å². The topological polar surface area (TPSA) is 162 Å². The molecule has 11 nitrogen and oxygen atoms in total. The smallest absolute Gasteiger partial charge is 0.343 e. The standard InChI is InChI=1S/C44H56N8O3/c1-2-3-4-5-6-7-8-9-10-11-12-13-14-15-32-54-39-28-16-33(17-29-39)41(53)55-40-30-26-38(27-31-40)49-44-51-42(47-36-22-18-34(45)19-23-36)50-43(52-44)48-37-24-20-35(46)21-25-37/h16-31H,2-15,32,45-46H2,1H3,(H3,47,48,49,50,51,52). The minimum Gasteiger partial charge on any atom is -0.494 e. The minimum atomic E-state index is -0.450. The molecule has 1 heterocycles. The summed E-state index contributed by atoms with van der Waals surface area (Å²) in [7, 11) is 0. The lowest BCUT2D eigenvalue weighted by molar-refractivity contribution is 0.0734. The predicted molar refractivity (Wildman–Crippen MR) is 225 cm³/mol. The Morgan fingerprint density at radius 2 is 0.855 bits per heavy atom. The molecule has 7 N–H and O–H groups in total. The number of hydrogen-bond donors (Lipinski definition) is 5. The molecule has 55 heavy (non-hydrogen) atoms. The van der Waals surface area contributed by atoms with Crippen molar-refractivity contribution >= 4 is 52.3 Å². The zero-order chi connectivity index (χ0) is 38.5. The zero-order valence-electron chi connectivity index (χ0n) is 32.1. The van der Waals surface area contributed by atoms with Gasteiger partial charge >= 0.3 is 5.97 Å². The van der Waals surface area contributed by atoms with Gasteiger partial charge in [0.15, 0.2) is 0 Å². The molecule has 4 aromatic carbocycles. The van der Waals surface area contributed by atoms with E-state index in [1.165, 1.54) is 83.5 Å². The third kappa shape index (κ3) is 14.8. The first kappa shape index (κ1) is 40.3. The molecule has 0 atom stereocenters. The molecule has 0 spiro atoms. The van der Waals surface area contributed by atoms with Gasteiger partial charge in [-0.3, -0.25) is 0 Å². The number of aromatic nitrogens is 3. The number of unbranched alkanes of at least 4 members (excludes halogenated alkanes) is 13. The summed E-state index contributed by atoms with van der Waals surface area (Å²) in [6, 6.07) is 28.6. The number of ether oxygens (including phenoxy) is 2. The van der Waals surface area contributed by atoms with E-state index in [0.29, 0.717) is 52.8 Å². The number of nitrogen functional groups attached to an aromatic ring is 2. The van der Waals surface area contributed by atoms with E-state index >= 15 is 0 Å². The number of carbonyl (C=O) groups excluding carboxylic acids is 1. The highest BCUT2D eigenvalue weighted by Crippen LogP contribution is 2.24. The Balaban J connectivity index is 1.03. The molecular formula is C44H56N8O3. The monoisotopic (exact) mass is 744 g/mol. The molecule has 1 aromatic heterocycles. The molecule has 0 bridgehead atoms. The Morgan fingerprint density at radius 1 is 0.491 bits per heavy atom. The van der Waals surface area contributed by atoms with Gasteiger partial charge in [-0.2, -0.15) is 15.0 Å². The second-order valence-electron chi connectivity index (χ2n) is 13.8. The first-order valence-electron chi connectivity index (χ1n) is 19.8. The first-order valence-corrected chi connectivity index (χ1v) is 19.8. The van der Waals surface area contributed by atoms with Crippen molar-refractivity contribution in [2.45, 2.75) is 96.8 Å². The van der Waals surface area contributed by atoms with Gasteiger partial charge in [-0.15, -0.1) is 0 Å². The summed E-state index contributed by atoms with van der Waals surface area (Å²) >= 11 is 0. The molecular weight excluding hydrogens is 689 g/mol. The van der Waals surface area contributed by atoms with E-state index in [1.54, 1.807) is 60.7 Å². The van der Waals surface area contributed by atoms with Crippen LogP contribution < -0.4 is 36.9 Å². The largest absolute Gasteiger partial charge is 0.494 e. The summed E-state index contributed by atoms with van der Waals surface area (Å²) in [6.07, 6.45) is 18.6. The van der Waals surface area contributed by atoms with Gasteiger partial charge in [0.2, 0.25) is 17.8 Å². The van der Waals surface area contributed by atoms with Crippen molar-refractivity contribution in [3.63, 3.8) is 0 Å². The maximum Gasteiger partial charge on any atom is 0.343 e. The number of nitrogens with one attached hydrogen (secondary N) is 3. The molecule has 0 saturated heterocycles. The normalized spacial score (nSPS) is 10.9. The lowest BCUT2D eigenvalue weighted by Gasteiger charge is -2.12. The molecule has 5 rings (SSSR count). The fourth-order valence-electron chi connectivity index (χ4n) is 6.01. The van der Waals surface area contributed by atoms with Crippen LogP contribution in [-0.4, -0.2) is 27.5 Å². The Morgan fingerprint density at radius 3 is 1.27 bits per heavy atom. The molecule has 0 aliphatic rings. The van der Waals surface area contributed by atoms with Crippen molar-refractivity contribution in [2.75, 3.05) is 34.0 Å². The van der Waals surface area contributed by atoms with Crippen LogP contribution in [0.1, 0.15) is 107 Å². The van der Waals surface area contributed by atoms with Crippen LogP contribution in [0.5, 0.6) is 11.5 Å². The Bertz CT molecular complexity index is 1790. The highest BCUT2D eigenvalue weighted by molar-refractivity contribution is 5.91. The summed E-state index contributed by atoms with van der Waals surface area (Å²) in [5.74, 6) is 1.63. The first-order chi connectivity index (χ1) is 26.9. The van der Waals surface area contributed by atoms with Gasteiger partial charge < -0.3 is 36.9 Å². The molecule has 0 amide bonds. The van der Waals surface area contributed by atoms with Crippen LogP contribution in [-0.2, 0) is 0 Å². The molecule has 5 aromatic rings. The number of anilines is 8. The SMILES string of the molecule is CCCCCCCCCCCCCCCCOc1ccc(C(=O)Oc2ccc(Nc3nc(Nc4ccc(N)cc4)nc(Nc4ccc(N)cc4)n3)cc2)cc1. The van der Waals surface area contributed by atoms with Crippen LogP contribution >= 0.6 is 0 Å². The van der Waals surface area contributed by atoms with Crippen molar-refractivity contribution in [3.8, 4) is 11.5 Å². The number of nitrogens with two attached hydrogens (primary N) is 2. The van der Waals surface area contributed by atoms with Crippen molar-refractivity contribution < 1.29 is 14.3 Å². The van der Waals surface area contributed by atoms with Crippen molar-refractivity contribution in [2.24, 2.45) is 0 Å². The summed E-state index contributed by atoms with van der Waals surface area (Å²) in [4.78, 5) is 26.5. The number of esters is 1. The van der Waals surface area contributed by atoms with E-state index in [0.717, 1.165) is 23.5 Å². The van der Waals surface area contributed by atoms with Crippen molar-refractivity contribution in [1.29, 1.82) is 0 Å². The van der Waals surface area contributed by atoms with Crippen molar-refractivity contribution in [3.05, 3.63) is 103 Å². The van der Waals surface area contributed by atoms with Gasteiger partial charge in [-0.1, -0.05) is 90.4 Å². The average molecular weight is 745 g/mol. The van der Waals surface area contributed by atoms with Crippen LogP contribution in [0.3, 0.4) is 0 Å². The average Bonchev–Trinajstić information content (AvgIpc) is 3.19. The molecule has 0 aliphatic carbocycles. The fourth-order valence-corrected chi connectivity index (χ4v) is 6.01. The quantitative estimate of drug-likeness (QED) is 0.0177. The molecule has 0 radical (unpaired) electrons. The molecule has 0 aliphatic heterocycles. The van der Waals surface area contributed by atoms with Crippen molar-refractivity contribution in [1.82, 2.24) is 15.0 Å². The summed E-state index contributed by atoms with van der Waals surface area (Å²) < 4.78 is 11.6. The lowest BCUT2D eigenvalue weighted by Crippen LogP contribution is -2.09. The molecule has 0 fully saturated rings. The molecule has 0 unspecified atom stereocenters. The summed E-state index contributed by atoms with van der Waals surface area (Å²) in [6.45, 7) is 2.95. The minimum absolute atomic E-state index is 0.294. The van der Waals surface area contributed by atoms with E-state index in [1.807, 2.05) is 36.4 Å².